The van der Waals surface area contributed by atoms with Crippen molar-refractivity contribution in [3.8, 4) is 0 Å². The summed E-state index contributed by atoms with van der Waals surface area (Å²) in [6.45, 7) is 2.24. The van der Waals surface area contributed by atoms with E-state index in [1.807, 2.05) is 6.92 Å². The summed E-state index contributed by atoms with van der Waals surface area (Å²) in [5.74, 6) is -0.788. The molecule has 0 aliphatic rings. The number of non-ortho nitro benzene ring substituents is 1. The summed E-state index contributed by atoms with van der Waals surface area (Å²) in [7, 11) is -3.92. The van der Waals surface area contributed by atoms with Crippen LogP contribution >= 0.6 is 0 Å². The highest BCUT2D eigenvalue weighted by atomic mass is 32.2. The molecule has 0 aliphatic carbocycles. The van der Waals surface area contributed by atoms with Crippen LogP contribution in [0.5, 0.6) is 0 Å². The van der Waals surface area contributed by atoms with Gasteiger partial charge in [-0.2, -0.15) is 0 Å². The van der Waals surface area contributed by atoms with Crippen LogP contribution in [0.3, 0.4) is 0 Å². The Balaban J connectivity index is 1.94. The molecule has 0 fully saturated rings. The summed E-state index contributed by atoms with van der Waals surface area (Å²) >= 11 is 0. The van der Waals surface area contributed by atoms with Crippen LogP contribution in [-0.2, 0) is 14.8 Å². The fourth-order valence-corrected chi connectivity index (χ4v) is 3.50. The largest absolute Gasteiger partial charge is 0.352 e. The lowest BCUT2D eigenvalue weighted by atomic mass is 10.1. The molecule has 2 aromatic rings. The molecule has 0 heterocycles. The van der Waals surface area contributed by atoms with E-state index in [0.29, 0.717) is 17.8 Å². The Kier molecular flexibility index (Phi) is 8.01. The van der Waals surface area contributed by atoms with E-state index >= 15 is 0 Å². The number of anilines is 1. The van der Waals surface area contributed by atoms with E-state index in [9.17, 15) is 28.1 Å². The minimum absolute atomic E-state index is 0.147. The Morgan fingerprint density at radius 1 is 1.03 bits per heavy atom. The van der Waals surface area contributed by atoms with Gasteiger partial charge in [-0.3, -0.25) is 19.7 Å². The maximum atomic E-state index is 12.2. The Bertz CT molecular complexity index is 1020. The van der Waals surface area contributed by atoms with Crippen molar-refractivity contribution in [2.24, 2.45) is 0 Å². The van der Waals surface area contributed by atoms with Gasteiger partial charge in [-0.15, -0.1) is 0 Å². The molecule has 3 N–H and O–H groups in total. The van der Waals surface area contributed by atoms with E-state index < -0.39 is 20.9 Å². The van der Waals surface area contributed by atoms with Crippen LogP contribution in [0.1, 0.15) is 30.1 Å². The first kappa shape index (κ1) is 23.0. The number of carbonyl (C=O) groups is 2. The first-order chi connectivity index (χ1) is 14.2. The number of amides is 2. The molecule has 2 rings (SSSR count). The maximum absolute atomic E-state index is 12.2. The molecule has 0 spiro atoms. The Labute approximate surface area is 173 Å². The Morgan fingerprint density at radius 2 is 1.70 bits per heavy atom. The number of nitro groups is 1. The monoisotopic (exact) mass is 434 g/mol. The molecule has 0 unspecified atom stereocenters. The van der Waals surface area contributed by atoms with Gasteiger partial charge in [-0.1, -0.05) is 19.1 Å². The molecular formula is C19H22N4O6S. The van der Waals surface area contributed by atoms with Crippen molar-refractivity contribution < 1.29 is 22.9 Å². The second-order valence-corrected chi connectivity index (χ2v) is 8.02. The first-order valence-corrected chi connectivity index (χ1v) is 10.6. The summed E-state index contributed by atoms with van der Waals surface area (Å²) < 4.78 is 26.7. The third kappa shape index (κ3) is 6.36. The molecule has 0 bridgehead atoms. The summed E-state index contributed by atoms with van der Waals surface area (Å²) in [5, 5.41) is 16.0. The average molecular weight is 434 g/mol. The van der Waals surface area contributed by atoms with Crippen molar-refractivity contribution in [2.75, 3.05) is 18.4 Å². The lowest BCUT2D eigenvalue weighted by Crippen LogP contribution is -2.29. The van der Waals surface area contributed by atoms with Crippen molar-refractivity contribution in [1.82, 2.24) is 10.0 Å². The zero-order chi connectivity index (χ0) is 22.1. The van der Waals surface area contributed by atoms with Crippen molar-refractivity contribution in [2.45, 2.75) is 24.7 Å². The van der Waals surface area contributed by atoms with Gasteiger partial charge in [0.15, 0.2) is 0 Å². The van der Waals surface area contributed by atoms with E-state index in [1.54, 1.807) is 24.3 Å². The molecular weight excluding hydrogens is 412 g/mol. The smallest absolute Gasteiger partial charge is 0.269 e. The minimum Gasteiger partial charge on any atom is -0.352 e. The number of benzene rings is 2. The SMILES string of the molecule is CCCNC(=O)c1ccccc1NC(=O)CCNS(=O)(=O)c1ccc([N+](=O)[O-])cc1. The number of nitro benzene ring substituents is 1. The van der Waals surface area contributed by atoms with Crippen molar-refractivity contribution in [3.63, 3.8) is 0 Å². The van der Waals surface area contributed by atoms with Gasteiger partial charge in [0.25, 0.3) is 11.6 Å². The van der Waals surface area contributed by atoms with Crippen molar-refractivity contribution in [1.29, 1.82) is 0 Å². The number of hydrogen-bond acceptors (Lipinski definition) is 6. The van der Waals surface area contributed by atoms with Crippen LogP contribution in [0.25, 0.3) is 0 Å². The van der Waals surface area contributed by atoms with Gasteiger partial charge in [-0.05, 0) is 30.7 Å². The van der Waals surface area contributed by atoms with Crippen LogP contribution in [-0.4, -0.2) is 38.2 Å². The standard InChI is InChI=1S/C19H22N4O6S/c1-2-12-20-19(25)16-5-3-4-6-17(16)22-18(24)11-13-21-30(28,29)15-9-7-14(8-10-15)23(26)27/h3-10,21H,2,11-13H2,1H3,(H,20,25)(H,22,24). The number of para-hydroxylation sites is 1. The van der Waals surface area contributed by atoms with Crippen molar-refractivity contribution in [3.05, 3.63) is 64.2 Å². The second-order valence-electron chi connectivity index (χ2n) is 6.25. The molecule has 11 heteroatoms. The third-order valence-corrected chi connectivity index (χ3v) is 5.46. The normalized spacial score (nSPS) is 11.0. The zero-order valence-electron chi connectivity index (χ0n) is 16.3. The molecule has 30 heavy (non-hydrogen) atoms. The molecule has 0 radical (unpaired) electrons. The fourth-order valence-electron chi connectivity index (χ4n) is 2.47. The van der Waals surface area contributed by atoms with Crippen LogP contribution in [0.4, 0.5) is 11.4 Å². The van der Waals surface area contributed by atoms with E-state index in [4.69, 9.17) is 0 Å². The number of sulfonamides is 1. The molecule has 0 aromatic heterocycles. The third-order valence-electron chi connectivity index (χ3n) is 3.98. The maximum Gasteiger partial charge on any atom is 0.269 e. The molecule has 2 amide bonds. The van der Waals surface area contributed by atoms with Gasteiger partial charge >= 0.3 is 0 Å². The van der Waals surface area contributed by atoms with Crippen LogP contribution < -0.4 is 15.4 Å². The zero-order valence-corrected chi connectivity index (χ0v) is 17.1. The first-order valence-electron chi connectivity index (χ1n) is 9.16. The van der Waals surface area contributed by atoms with E-state index in [1.165, 1.54) is 0 Å². The Morgan fingerprint density at radius 3 is 2.33 bits per heavy atom. The van der Waals surface area contributed by atoms with Gasteiger partial charge in [0.05, 0.1) is 21.1 Å². The summed E-state index contributed by atoms with van der Waals surface area (Å²) in [4.78, 5) is 34.2. The van der Waals surface area contributed by atoms with Gasteiger partial charge in [0.2, 0.25) is 15.9 Å². The Hall–Kier alpha value is -3.31. The lowest BCUT2D eigenvalue weighted by Gasteiger charge is -2.11. The molecule has 0 atom stereocenters. The van der Waals surface area contributed by atoms with E-state index in [-0.39, 0.29) is 29.5 Å². The topological polar surface area (TPSA) is 148 Å². The predicted octanol–water partition coefficient (Wildman–Crippen LogP) is 2.04. The van der Waals surface area contributed by atoms with Gasteiger partial charge in [0, 0.05) is 31.6 Å². The predicted molar refractivity (Wildman–Crippen MR) is 111 cm³/mol. The van der Waals surface area contributed by atoms with Gasteiger partial charge in [0.1, 0.15) is 0 Å². The number of rotatable bonds is 10. The molecule has 0 aliphatic heterocycles. The van der Waals surface area contributed by atoms with E-state index in [0.717, 1.165) is 30.7 Å². The number of nitrogens with zero attached hydrogens (tertiary/aromatic N) is 1. The number of nitrogens with one attached hydrogen (secondary N) is 3. The summed E-state index contributed by atoms with van der Waals surface area (Å²) in [5.41, 5.74) is 0.412. The second kappa shape index (κ2) is 10.5. The number of carbonyl (C=O) groups excluding carboxylic acids is 2. The van der Waals surface area contributed by atoms with E-state index in [2.05, 4.69) is 15.4 Å². The van der Waals surface area contributed by atoms with Crippen LogP contribution in [0.2, 0.25) is 0 Å². The molecule has 10 nitrogen and oxygen atoms in total. The number of hydrogen-bond donors (Lipinski definition) is 3. The summed E-state index contributed by atoms with van der Waals surface area (Å²) in [6, 6.07) is 10.9. The molecule has 2 aromatic carbocycles. The quantitative estimate of drug-likeness (QED) is 0.385. The highest BCUT2D eigenvalue weighted by Gasteiger charge is 2.17. The molecule has 0 saturated heterocycles. The minimum atomic E-state index is -3.92. The molecule has 160 valence electrons. The fraction of sp³-hybridized carbons (Fsp3) is 0.263. The highest BCUT2D eigenvalue weighted by Crippen LogP contribution is 2.17. The highest BCUT2D eigenvalue weighted by molar-refractivity contribution is 7.89. The van der Waals surface area contributed by atoms with Crippen LogP contribution in [0.15, 0.2) is 53.4 Å². The molecule has 0 saturated carbocycles. The van der Waals surface area contributed by atoms with Gasteiger partial charge in [-0.25, -0.2) is 13.1 Å². The summed E-state index contributed by atoms with van der Waals surface area (Å²) in [6.07, 6.45) is 0.603. The van der Waals surface area contributed by atoms with Crippen molar-refractivity contribution >= 4 is 33.2 Å². The van der Waals surface area contributed by atoms with Gasteiger partial charge < -0.3 is 10.6 Å². The van der Waals surface area contributed by atoms with Crippen LogP contribution in [0, 0.1) is 10.1 Å². The average Bonchev–Trinajstić information content (AvgIpc) is 2.72. The lowest BCUT2D eigenvalue weighted by molar-refractivity contribution is -0.384.